The average Bonchev–Trinajstić information content (AvgIpc) is 3.06. The van der Waals surface area contributed by atoms with Gasteiger partial charge in [-0.3, -0.25) is 9.59 Å². The van der Waals surface area contributed by atoms with Gasteiger partial charge in [0.25, 0.3) is 0 Å². The molecule has 2 fully saturated rings. The summed E-state index contributed by atoms with van der Waals surface area (Å²) in [5, 5.41) is 2.93. The molecule has 2 heterocycles. The van der Waals surface area contributed by atoms with Gasteiger partial charge in [0.15, 0.2) is 5.79 Å². The van der Waals surface area contributed by atoms with Crippen molar-refractivity contribution in [3.63, 3.8) is 0 Å². The Morgan fingerprint density at radius 3 is 2.69 bits per heavy atom. The van der Waals surface area contributed by atoms with Crippen molar-refractivity contribution in [2.24, 2.45) is 0 Å². The highest BCUT2D eigenvalue weighted by molar-refractivity contribution is 5.89. The summed E-state index contributed by atoms with van der Waals surface area (Å²) in [6, 6.07) is -0.693. The third kappa shape index (κ3) is 5.39. The Kier molecular flexibility index (Phi) is 7.82. The van der Waals surface area contributed by atoms with Gasteiger partial charge in [-0.25, -0.2) is 0 Å². The summed E-state index contributed by atoms with van der Waals surface area (Å²) in [4.78, 5) is 26.8. The quantitative estimate of drug-likeness (QED) is 0.568. The molecule has 0 saturated carbocycles. The van der Waals surface area contributed by atoms with Crippen molar-refractivity contribution < 1.29 is 28.5 Å². The molecule has 1 N–H and O–H groups in total. The number of carbonyl (C=O) groups is 2. The van der Waals surface area contributed by atoms with Gasteiger partial charge >= 0.3 is 0 Å². The summed E-state index contributed by atoms with van der Waals surface area (Å²) in [7, 11) is 1.57. The van der Waals surface area contributed by atoms with E-state index in [0.717, 1.165) is 19.3 Å². The van der Waals surface area contributed by atoms with Crippen LogP contribution in [0, 0.1) is 0 Å². The van der Waals surface area contributed by atoms with E-state index >= 15 is 0 Å². The van der Waals surface area contributed by atoms with Crippen LogP contribution in [0.4, 0.5) is 0 Å². The van der Waals surface area contributed by atoms with E-state index in [4.69, 9.17) is 18.9 Å². The Morgan fingerprint density at radius 1 is 1.23 bits per heavy atom. The van der Waals surface area contributed by atoms with Crippen molar-refractivity contribution >= 4 is 11.8 Å². The molecular weight excluding hydrogens is 340 g/mol. The SMILES string of the molecule is CCCCCNC(=O)[C@@H]1[C@H]2OC(C)(C)O[C@H]2CN1C(=O)COCCOC. The minimum Gasteiger partial charge on any atom is -0.382 e. The molecule has 8 heteroatoms. The Hall–Kier alpha value is -1.22. The second-order valence-corrected chi connectivity index (χ2v) is 7.17. The van der Waals surface area contributed by atoms with E-state index in [0.29, 0.717) is 26.3 Å². The van der Waals surface area contributed by atoms with Gasteiger partial charge in [-0.05, 0) is 20.3 Å². The van der Waals surface area contributed by atoms with Gasteiger partial charge in [-0.15, -0.1) is 0 Å². The normalized spacial score (nSPS) is 26.8. The first kappa shape index (κ1) is 21.1. The summed E-state index contributed by atoms with van der Waals surface area (Å²) in [6.07, 6.45) is 2.29. The molecule has 2 saturated heterocycles. The maximum absolute atomic E-state index is 12.8. The number of nitrogens with zero attached hydrogens (tertiary/aromatic N) is 1. The van der Waals surface area contributed by atoms with Crippen molar-refractivity contribution in [2.75, 3.05) is 40.0 Å². The first-order valence-corrected chi connectivity index (χ1v) is 9.39. The van der Waals surface area contributed by atoms with Crippen LogP contribution in [-0.2, 0) is 28.5 Å². The standard InChI is InChI=1S/C18H32N2O6/c1-5-6-7-8-19-17(22)15-16-13(25-18(2,3)26-16)11-20(15)14(21)12-24-10-9-23-4/h13,15-16H,5-12H2,1-4H3,(H,19,22)/t13-,15-,16-/m0/s1. The Balaban J connectivity index is 1.99. The monoisotopic (exact) mass is 372 g/mol. The van der Waals surface area contributed by atoms with E-state index in [1.807, 2.05) is 13.8 Å². The Bertz CT molecular complexity index is 484. The van der Waals surface area contributed by atoms with Crippen molar-refractivity contribution in [2.45, 2.75) is 64.1 Å². The highest BCUT2D eigenvalue weighted by atomic mass is 16.8. The van der Waals surface area contributed by atoms with Crippen LogP contribution in [0.5, 0.6) is 0 Å². The molecule has 0 bridgehead atoms. The number of methoxy groups -OCH3 is 1. The average molecular weight is 372 g/mol. The lowest BCUT2D eigenvalue weighted by Gasteiger charge is -2.29. The number of hydrogen-bond acceptors (Lipinski definition) is 6. The third-order valence-electron chi connectivity index (χ3n) is 4.57. The molecule has 0 radical (unpaired) electrons. The number of nitrogens with one attached hydrogen (secondary N) is 1. The van der Waals surface area contributed by atoms with E-state index in [2.05, 4.69) is 12.2 Å². The number of amides is 2. The summed E-state index contributed by atoms with van der Waals surface area (Å²) >= 11 is 0. The van der Waals surface area contributed by atoms with E-state index in [1.165, 1.54) is 4.90 Å². The van der Waals surface area contributed by atoms with Gasteiger partial charge in [-0.2, -0.15) is 0 Å². The van der Waals surface area contributed by atoms with Crippen molar-refractivity contribution in [3.8, 4) is 0 Å². The number of carbonyl (C=O) groups excluding carboxylic acids is 2. The lowest BCUT2D eigenvalue weighted by atomic mass is 10.1. The topological polar surface area (TPSA) is 86.3 Å². The predicted molar refractivity (Wildman–Crippen MR) is 94.6 cm³/mol. The van der Waals surface area contributed by atoms with Crippen LogP contribution >= 0.6 is 0 Å². The molecule has 2 aliphatic rings. The fourth-order valence-corrected chi connectivity index (χ4v) is 3.38. The molecule has 2 amide bonds. The van der Waals surface area contributed by atoms with Gasteiger partial charge in [0.1, 0.15) is 24.9 Å². The minimum absolute atomic E-state index is 0.0915. The van der Waals surface area contributed by atoms with Gasteiger partial charge < -0.3 is 29.2 Å². The van der Waals surface area contributed by atoms with Gasteiger partial charge in [0, 0.05) is 13.7 Å². The fourth-order valence-electron chi connectivity index (χ4n) is 3.38. The molecule has 8 nitrogen and oxygen atoms in total. The van der Waals surface area contributed by atoms with Gasteiger partial charge in [-0.1, -0.05) is 19.8 Å². The third-order valence-corrected chi connectivity index (χ3v) is 4.57. The van der Waals surface area contributed by atoms with Crippen LogP contribution in [-0.4, -0.2) is 80.8 Å². The van der Waals surface area contributed by atoms with Gasteiger partial charge in [0.05, 0.1) is 19.8 Å². The second-order valence-electron chi connectivity index (χ2n) is 7.17. The number of likely N-dealkylation sites (tertiary alicyclic amines) is 1. The second kappa shape index (κ2) is 9.64. The molecule has 0 spiro atoms. The molecule has 2 aliphatic heterocycles. The van der Waals surface area contributed by atoms with Crippen molar-refractivity contribution in [1.29, 1.82) is 0 Å². The van der Waals surface area contributed by atoms with E-state index in [1.54, 1.807) is 7.11 Å². The van der Waals surface area contributed by atoms with Gasteiger partial charge in [0.2, 0.25) is 11.8 Å². The molecule has 3 atom stereocenters. The zero-order valence-electron chi connectivity index (χ0n) is 16.3. The smallest absolute Gasteiger partial charge is 0.249 e. The largest absolute Gasteiger partial charge is 0.382 e. The minimum atomic E-state index is -0.750. The van der Waals surface area contributed by atoms with Crippen molar-refractivity contribution in [1.82, 2.24) is 10.2 Å². The van der Waals surface area contributed by atoms with E-state index < -0.39 is 17.9 Å². The molecular formula is C18H32N2O6. The molecule has 26 heavy (non-hydrogen) atoms. The molecule has 0 aliphatic carbocycles. The zero-order valence-corrected chi connectivity index (χ0v) is 16.3. The molecule has 0 unspecified atom stereocenters. The molecule has 0 aromatic carbocycles. The number of hydrogen-bond donors (Lipinski definition) is 1. The molecule has 0 aromatic heterocycles. The van der Waals surface area contributed by atoms with Crippen LogP contribution in [0.15, 0.2) is 0 Å². The van der Waals surface area contributed by atoms with Crippen LogP contribution in [0.3, 0.4) is 0 Å². The highest BCUT2D eigenvalue weighted by Crippen LogP contribution is 2.36. The molecule has 150 valence electrons. The highest BCUT2D eigenvalue weighted by Gasteiger charge is 2.56. The summed E-state index contributed by atoms with van der Waals surface area (Å²) in [6.45, 7) is 7.33. The van der Waals surface area contributed by atoms with Crippen LogP contribution in [0.1, 0.15) is 40.0 Å². The number of fused-ring (bicyclic) bond motifs is 1. The number of ether oxygens (including phenoxy) is 4. The van der Waals surface area contributed by atoms with Crippen LogP contribution in [0.25, 0.3) is 0 Å². The predicted octanol–water partition coefficient (Wildman–Crippen LogP) is 0.687. The first-order valence-electron chi connectivity index (χ1n) is 9.39. The number of rotatable bonds is 10. The van der Waals surface area contributed by atoms with Crippen molar-refractivity contribution in [3.05, 3.63) is 0 Å². The molecule has 2 rings (SSSR count). The first-order chi connectivity index (χ1) is 12.4. The summed E-state index contributed by atoms with van der Waals surface area (Å²) in [5.74, 6) is -1.19. The van der Waals surface area contributed by atoms with E-state index in [9.17, 15) is 9.59 Å². The number of unbranched alkanes of at least 4 members (excludes halogenated alkanes) is 2. The zero-order chi connectivity index (χ0) is 19.2. The summed E-state index contributed by atoms with van der Waals surface area (Å²) < 4.78 is 22.0. The summed E-state index contributed by atoms with van der Waals surface area (Å²) in [5.41, 5.74) is 0. The Morgan fingerprint density at radius 2 is 2.00 bits per heavy atom. The van der Waals surface area contributed by atoms with Crippen LogP contribution < -0.4 is 5.32 Å². The maximum atomic E-state index is 12.8. The maximum Gasteiger partial charge on any atom is 0.249 e. The van der Waals surface area contributed by atoms with Crippen LogP contribution in [0.2, 0.25) is 0 Å². The van der Waals surface area contributed by atoms with E-state index in [-0.39, 0.29) is 24.5 Å². The fraction of sp³-hybridized carbons (Fsp3) is 0.889. The lowest BCUT2D eigenvalue weighted by Crippen LogP contribution is -2.52. The lowest BCUT2D eigenvalue weighted by molar-refractivity contribution is -0.171. The Labute approximate surface area is 155 Å². The molecule has 0 aromatic rings.